The van der Waals surface area contributed by atoms with Gasteiger partial charge in [-0.15, -0.1) is 0 Å². The summed E-state index contributed by atoms with van der Waals surface area (Å²) < 4.78 is 33.8. The van der Waals surface area contributed by atoms with Crippen LogP contribution in [0.5, 0.6) is 0 Å². The minimum Gasteiger partial charge on any atom is -0.248 e. The van der Waals surface area contributed by atoms with Crippen LogP contribution >= 0.6 is 0 Å². The lowest BCUT2D eigenvalue weighted by molar-refractivity contribution is 0.208. The minimum atomic E-state index is -3.82. The van der Waals surface area contributed by atoms with E-state index in [1.165, 1.54) is 128 Å². The quantitative estimate of drug-likeness (QED) is 0.0750. The SMILES string of the molecule is CCCC(C)CCCCCCCCCCCCOS(=O)(=O)OCCCCCCCCCCCCC(C)CCC. The summed E-state index contributed by atoms with van der Waals surface area (Å²) >= 11 is 0. The molecule has 2 atom stereocenters. The average molecular weight is 575 g/mol. The third-order valence-electron chi connectivity index (χ3n) is 8.20. The maximum atomic E-state index is 11.9. The molecular weight excluding hydrogens is 504 g/mol. The maximum absolute atomic E-state index is 11.9. The summed E-state index contributed by atoms with van der Waals surface area (Å²) in [6.45, 7) is 9.83. The van der Waals surface area contributed by atoms with Crippen molar-refractivity contribution in [1.82, 2.24) is 0 Å². The zero-order chi connectivity index (χ0) is 28.9. The van der Waals surface area contributed by atoms with Gasteiger partial charge in [0.25, 0.3) is 0 Å². The van der Waals surface area contributed by atoms with Crippen LogP contribution in [0.15, 0.2) is 0 Å². The number of rotatable bonds is 32. The molecule has 0 aliphatic carbocycles. The van der Waals surface area contributed by atoms with Gasteiger partial charge in [-0.2, -0.15) is 8.42 Å². The Morgan fingerprint density at radius 1 is 0.410 bits per heavy atom. The molecule has 0 saturated heterocycles. The topological polar surface area (TPSA) is 52.6 Å². The minimum absolute atomic E-state index is 0.247. The zero-order valence-corrected chi connectivity index (χ0v) is 27.8. The number of hydrogen-bond donors (Lipinski definition) is 0. The standard InChI is InChI=1S/C34H70O4S/c1-5-27-33(3)29-23-19-15-11-7-9-13-17-21-25-31-37-39(35,36)38-32-26-22-18-14-10-8-12-16-20-24-30-34(4)28-6-2/h33-34H,5-32H2,1-4H3. The molecule has 0 aromatic carbocycles. The molecule has 0 rings (SSSR count). The van der Waals surface area contributed by atoms with Gasteiger partial charge in [-0.25, -0.2) is 8.37 Å². The van der Waals surface area contributed by atoms with Crippen molar-refractivity contribution in [3.8, 4) is 0 Å². The van der Waals surface area contributed by atoms with Gasteiger partial charge in [0.05, 0.1) is 13.2 Å². The molecule has 0 aromatic rings. The number of unbranched alkanes of at least 4 members (excludes halogenated alkanes) is 18. The van der Waals surface area contributed by atoms with E-state index in [2.05, 4.69) is 27.7 Å². The van der Waals surface area contributed by atoms with Crippen LogP contribution in [0.2, 0.25) is 0 Å². The monoisotopic (exact) mass is 574 g/mol. The van der Waals surface area contributed by atoms with Crippen LogP contribution in [0.25, 0.3) is 0 Å². The first-order valence-corrected chi connectivity index (χ1v) is 18.8. The van der Waals surface area contributed by atoms with E-state index in [1.54, 1.807) is 0 Å². The van der Waals surface area contributed by atoms with Crippen molar-refractivity contribution in [2.45, 2.75) is 195 Å². The van der Waals surface area contributed by atoms with E-state index >= 15 is 0 Å². The molecule has 5 heteroatoms. The van der Waals surface area contributed by atoms with Crippen molar-refractivity contribution >= 4 is 10.4 Å². The van der Waals surface area contributed by atoms with Gasteiger partial charge in [-0.1, -0.05) is 182 Å². The first-order chi connectivity index (χ1) is 18.9. The summed E-state index contributed by atoms with van der Waals surface area (Å²) in [6.07, 6.45) is 33.0. The Kier molecular flexibility index (Phi) is 29.3. The van der Waals surface area contributed by atoms with E-state index in [1.807, 2.05) is 0 Å². The highest BCUT2D eigenvalue weighted by atomic mass is 32.3. The van der Waals surface area contributed by atoms with Crippen molar-refractivity contribution in [2.75, 3.05) is 13.2 Å². The highest BCUT2D eigenvalue weighted by Gasteiger charge is 2.11. The molecule has 0 radical (unpaired) electrons. The van der Waals surface area contributed by atoms with Crippen LogP contribution in [0.1, 0.15) is 195 Å². The smallest absolute Gasteiger partial charge is 0.248 e. The lowest BCUT2D eigenvalue weighted by Crippen LogP contribution is -2.12. The molecule has 0 spiro atoms. The second-order valence-electron chi connectivity index (χ2n) is 12.5. The highest BCUT2D eigenvalue weighted by Crippen LogP contribution is 2.18. The van der Waals surface area contributed by atoms with Crippen LogP contribution in [-0.4, -0.2) is 21.6 Å². The fraction of sp³-hybridized carbons (Fsp3) is 1.00. The van der Waals surface area contributed by atoms with Crippen LogP contribution in [-0.2, 0) is 18.8 Å². The molecule has 0 aliphatic rings. The van der Waals surface area contributed by atoms with Crippen LogP contribution in [0.3, 0.4) is 0 Å². The molecular formula is C34H70O4S. The molecule has 0 aromatic heterocycles. The Bertz CT molecular complexity index is 534. The van der Waals surface area contributed by atoms with Crippen molar-refractivity contribution in [3.63, 3.8) is 0 Å². The van der Waals surface area contributed by atoms with Gasteiger partial charge in [-0.05, 0) is 24.7 Å². The van der Waals surface area contributed by atoms with E-state index in [0.29, 0.717) is 0 Å². The van der Waals surface area contributed by atoms with E-state index in [4.69, 9.17) is 8.37 Å². The van der Waals surface area contributed by atoms with E-state index in [0.717, 1.165) is 50.4 Å². The summed E-state index contributed by atoms with van der Waals surface area (Å²) in [5, 5.41) is 0. The Morgan fingerprint density at radius 2 is 0.667 bits per heavy atom. The molecule has 0 heterocycles. The second-order valence-corrected chi connectivity index (χ2v) is 13.8. The maximum Gasteiger partial charge on any atom is 0.399 e. The normalized spacial score (nSPS) is 13.6. The van der Waals surface area contributed by atoms with Crippen LogP contribution in [0.4, 0.5) is 0 Å². The predicted molar refractivity (Wildman–Crippen MR) is 171 cm³/mol. The van der Waals surface area contributed by atoms with Gasteiger partial charge < -0.3 is 0 Å². The summed E-state index contributed by atoms with van der Waals surface area (Å²) in [6, 6.07) is 0. The Balaban J connectivity index is 3.34. The van der Waals surface area contributed by atoms with E-state index in [-0.39, 0.29) is 13.2 Å². The molecule has 0 aliphatic heterocycles. The molecule has 2 unspecified atom stereocenters. The lowest BCUT2D eigenvalue weighted by atomic mass is 9.98. The van der Waals surface area contributed by atoms with Gasteiger partial charge in [0.2, 0.25) is 0 Å². The molecule has 0 bridgehead atoms. The molecule has 0 saturated carbocycles. The Labute approximate surface area is 246 Å². The van der Waals surface area contributed by atoms with Gasteiger partial charge in [0, 0.05) is 0 Å². The van der Waals surface area contributed by atoms with Gasteiger partial charge >= 0.3 is 10.4 Å². The fourth-order valence-electron chi connectivity index (χ4n) is 5.65. The first kappa shape index (κ1) is 38.9. The Hall–Kier alpha value is -0.130. The molecule has 39 heavy (non-hydrogen) atoms. The summed E-state index contributed by atoms with van der Waals surface area (Å²) in [5.41, 5.74) is 0. The number of hydrogen-bond acceptors (Lipinski definition) is 4. The zero-order valence-electron chi connectivity index (χ0n) is 27.0. The van der Waals surface area contributed by atoms with Gasteiger partial charge in [0.15, 0.2) is 0 Å². The second kappa shape index (κ2) is 29.4. The molecule has 236 valence electrons. The van der Waals surface area contributed by atoms with Crippen LogP contribution in [0, 0.1) is 11.8 Å². The third kappa shape index (κ3) is 30.7. The summed E-state index contributed by atoms with van der Waals surface area (Å²) in [4.78, 5) is 0. The Morgan fingerprint density at radius 3 is 0.949 bits per heavy atom. The first-order valence-electron chi connectivity index (χ1n) is 17.4. The molecule has 0 fully saturated rings. The fourth-order valence-corrected chi connectivity index (χ4v) is 6.36. The molecule has 0 N–H and O–H groups in total. The van der Waals surface area contributed by atoms with Gasteiger partial charge in [-0.3, -0.25) is 0 Å². The van der Waals surface area contributed by atoms with Gasteiger partial charge in [0.1, 0.15) is 0 Å². The van der Waals surface area contributed by atoms with E-state index in [9.17, 15) is 8.42 Å². The molecule has 4 nitrogen and oxygen atoms in total. The molecule has 0 amide bonds. The summed E-state index contributed by atoms with van der Waals surface area (Å²) in [7, 11) is -3.82. The summed E-state index contributed by atoms with van der Waals surface area (Å²) in [5.74, 6) is 1.80. The lowest BCUT2D eigenvalue weighted by Gasteiger charge is -2.09. The highest BCUT2D eigenvalue weighted by molar-refractivity contribution is 7.81. The van der Waals surface area contributed by atoms with E-state index < -0.39 is 10.4 Å². The average Bonchev–Trinajstić information content (AvgIpc) is 2.89. The third-order valence-corrected chi connectivity index (χ3v) is 9.11. The largest absolute Gasteiger partial charge is 0.399 e. The van der Waals surface area contributed by atoms with Crippen molar-refractivity contribution < 1.29 is 16.8 Å². The van der Waals surface area contributed by atoms with Crippen LogP contribution < -0.4 is 0 Å². The predicted octanol–water partition coefficient (Wildman–Crippen LogP) is 11.7. The van der Waals surface area contributed by atoms with Crippen molar-refractivity contribution in [2.24, 2.45) is 11.8 Å². The van der Waals surface area contributed by atoms with Crippen molar-refractivity contribution in [1.29, 1.82) is 0 Å². The van der Waals surface area contributed by atoms with Crippen molar-refractivity contribution in [3.05, 3.63) is 0 Å².